The van der Waals surface area contributed by atoms with E-state index >= 15 is 0 Å². The van der Waals surface area contributed by atoms with Crippen molar-refractivity contribution >= 4 is 28.2 Å². The first-order valence-corrected chi connectivity index (χ1v) is 6.77. The van der Waals surface area contributed by atoms with Crippen molar-refractivity contribution in [2.24, 2.45) is 0 Å². The standard InChI is InChI=1S/C11H17F3N4OS/c1-4-5-18(6-11(12,13)14)9(19)7-8(15)16-10(20-7)17(2)3/h4-6,15H2,1-3H3. The van der Waals surface area contributed by atoms with Gasteiger partial charge >= 0.3 is 6.18 Å². The summed E-state index contributed by atoms with van der Waals surface area (Å²) < 4.78 is 37.5. The number of nitrogens with two attached hydrogens (primary N) is 1. The fraction of sp³-hybridized carbons (Fsp3) is 0.636. The fourth-order valence-corrected chi connectivity index (χ4v) is 2.42. The van der Waals surface area contributed by atoms with Crippen molar-refractivity contribution in [2.75, 3.05) is 37.8 Å². The molecule has 20 heavy (non-hydrogen) atoms. The highest BCUT2D eigenvalue weighted by molar-refractivity contribution is 7.18. The highest BCUT2D eigenvalue weighted by atomic mass is 32.1. The average molecular weight is 310 g/mol. The summed E-state index contributed by atoms with van der Waals surface area (Å²) in [6.07, 6.45) is -4.00. The van der Waals surface area contributed by atoms with Crippen LogP contribution in [0.1, 0.15) is 23.0 Å². The molecule has 9 heteroatoms. The van der Waals surface area contributed by atoms with E-state index in [0.29, 0.717) is 11.6 Å². The molecular weight excluding hydrogens is 293 g/mol. The second-order valence-corrected chi connectivity index (χ2v) is 5.42. The van der Waals surface area contributed by atoms with Crippen LogP contribution in [0.15, 0.2) is 0 Å². The van der Waals surface area contributed by atoms with Crippen LogP contribution in [0.5, 0.6) is 0 Å². The van der Waals surface area contributed by atoms with Crippen LogP contribution in [-0.4, -0.2) is 49.2 Å². The van der Waals surface area contributed by atoms with Crippen LogP contribution in [0.2, 0.25) is 0 Å². The Labute approximate surface area is 119 Å². The van der Waals surface area contributed by atoms with Crippen LogP contribution < -0.4 is 10.6 Å². The number of rotatable bonds is 5. The molecule has 0 unspecified atom stereocenters. The predicted molar refractivity (Wildman–Crippen MR) is 73.1 cm³/mol. The van der Waals surface area contributed by atoms with Crippen LogP contribution >= 0.6 is 11.3 Å². The van der Waals surface area contributed by atoms with Crippen molar-refractivity contribution in [2.45, 2.75) is 19.5 Å². The maximum atomic E-state index is 12.5. The number of halogens is 3. The average Bonchev–Trinajstić information content (AvgIpc) is 2.68. The lowest BCUT2D eigenvalue weighted by Crippen LogP contribution is -2.39. The van der Waals surface area contributed by atoms with E-state index in [9.17, 15) is 18.0 Å². The Morgan fingerprint density at radius 2 is 2.00 bits per heavy atom. The molecule has 114 valence electrons. The van der Waals surface area contributed by atoms with Crippen molar-refractivity contribution in [1.29, 1.82) is 0 Å². The number of nitrogen functional groups attached to an aromatic ring is 1. The number of alkyl halides is 3. The number of carbonyl (C=O) groups is 1. The van der Waals surface area contributed by atoms with E-state index in [4.69, 9.17) is 5.73 Å². The Morgan fingerprint density at radius 3 is 2.40 bits per heavy atom. The highest BCUT2D eigenvalue weighted by Crippen LogP contribution is 2.29. The van der Waals surface area contributed by atoms with Gasteiger partial charge in [0.1, 0.15) is 17.2 Å². The lowest BCUT2D eigenvalue weighted by Gasteiger charge is -2.22. The maximum Gasteiger partial charge on any atom is 0.406 e. The summed E-state index contributed by atoms with van der Waals surface area (Å²) in [6.45, 7) is 0.444. The molecule has 0 aromatic carbocycles. The van der Waals surface area contributed by atoms with Gasteiger partial charge in [0.25, 0.3) is 5.91 Å². The second kappa shape index (κ2) is 6.29. The molecule has 1 aromatic heterocycles. The minimum Gasteiger partial charge on any atom is -0.382 e. The highest BCUT2D eigenvalue weighted by Gasteiger charge is 2.34. The van der Waals surface area contributed by atoms with Gasteiger partial charge in [-0.1, -0.05) is 18.3 Å². The van der Waals surface area contributed by atoms with Gasteiger partial charge < -0.3 is 15.5 Å². The molecule has 0 aliphatic carbocycles. The van der Waals surface area contributed by atoms with Gasteiger partial charge in [0.05, 0.1) is 0 Å². The lowest BCUT2D eigenvalue weighted by atomic mass is 10.3. The first-order valence-electron chi connectivity index (χ1n) is 5.95. The molecule has 1 heterocycles. The van der Waals surface area contributed by atoms with E-state index < -0.39 is 18.6 Å². The van der Waals surface area contributed by atoms with Crippen LogP contribution in [0.3, 0.4) is 0 Å². The number of carbonyl (C=O) groups excluding carboxylic acids is 1. The minimum absolute atomic E-state index is 0.0208. The molecule has 2 N–H and O–H groups in total. The van der Waals surface area contributed by atoms with Crippen molar-refractivity contribution in [1.82, 2.24) is 9.88 Å². The Hall–Kier alpha value is -1.51. The van der Waals surface area contributed by atoms with Crippen LogP contribution in [-0.2, 0) is 0 Å². The van der Waals surface area contributed by atoms with Gasteiger partial charge in [-0.2, -0.15) is 13.2 Å². The lowest BCUT2D eigenvalue weighted by molar-refractivity contribution is -0.140. The normalized spacial score (nSPS) is 11.5. The number of hydrogen-bond acceptors (Lipinski definition) is 5. The number of aromatic nitrogens is 1. The molecule has 0 bridgehead atoms. The SMILES string of the molecule is CCCN(CC(F)(F)F)C(=O)c1sc(N(C)C)nc1N. The summed E-state index contributed by atoms with van der Waals surface area (Å²) in [5, 5.41) is 0.481. The molecule has 1 rings (SSSR count). The number of thiazole rings is 1. The first-order chi connectivity index (χ1) is 9.15. The molecule has 0 radical (unpaired) electrons. The molecule has 0 saturated heterocycles. The quantitative estimate of drug-likeness (QED) is 0.905. The largest absolute Gasteiger partial charge is 0.406 e. The Morgan fingerprint density at radius 1 is 1.40 bits per heavy atom. The van der Waals surface area contributed by atoms with Crippen molar-refractivity contribution < 1.29 is 18.0 Å². The van der Waals surface area contributed by atoms with E-state index in [1.165, 1.54) is 0 Å². The number of amides is 1. The summed E-state index contributed by atoms with van der Waals surface area (Å²) in [5.74, 6) is -0.765. The van der Waals surface area contributed by atoms with Gasteiger partial charge in [-0.05, 0) is 6.42 Å². The molecule has 0 spiro atoms. The van der Waals surface area contributed by atoms with Crippen LogP contribution in [0.4, 0.5) is 24.1 Å². The summed E-state index contributed by atoms with van der Waals surface area (Å²) >= 11 is 0.987. The topological polar surface area (TPSA) is 62.5 Å². The van der Waals surface area contributed by atoms with E-state index in [-0.39, 0.29) is 17.2 Å². The molecule has 0 atom stereocenters. The zero-order valence-corrected chi connectivity index (χ0v) is 12.3. The number of hydrogen-bond donors (Lipinski definition) is 1. The first kappa shape index (κ1) is 16.5. The van der Waals surface area contributed by atoms with E-state index in [2.05, 4.69) is 4.98 Å². The smallest absolute Gasteiger partial charge is 0.382 e. The molecule has 0 aliphatic rings. The predicted octanol–water partition coefficient (Wildman–Crippen LogP) is 2.21. The van der Waals surface area contributed by atoms with Crippen molar-refractivity contribution in [3.63, 3.8) is 0 Å². The Balaban J connectivity index is 3.00. The zero-order valence-electron chi connectivity index (χ0n) is 11.5. The van der Waals surface area contributed by atoms with Gasteiger partial charge in [-0.25, -0.2) is 4.98 Å². The van der Waals surface area contributed by atoms with E-state index in [1.807, 2.05) is 0 Å². The summed E-state index contributed by atoms with van der Waals surface area (Å²) in [4.78, 5) is 18.6. The van der Waals surface area contributed by atoms with Gasteiger partial charge in [0.15, 0.2) is 5.13 Å². The minimum atomic E-state index is -4.44. The third-order valence-corrected chi connectivity index (χ3v) is 3.60. The second-order valence-electron chi connectivity index (χ2n) is 4.45. The van der Waals surface area contributed by atoms with E-state index in [0.717, 1.165) is 16.2 Å². The molecular formula is C11H17F3N4OS. The Kier molecular flexibility index (Phi) is 5.21. The number of anilines is 2. The third-order valence-electron chi connectivity index (χ3n) is 2.37. The summed E-state index contributed by atoms with van der Waals surface area (Å²) in [6, 6.07) is 0. The van der Waals surface area contributed by atoms with Crippen molar-refractivity contribution in [3.8, 4) is 0 Å². The Bertz CT molecular complexity index is 473. The molecule has 1 aromatic rings. The number of nitrogens with zero attached hydrogens (tertiary/aromatic N) is 3. The molecule has 0 aliphatic heterocycles. The van der Waals surface area contributed by atoms with Crippen LogP contribution in [0.25, 0.3) is 0 Å². The monoisotopic (exact) mass is 310 g/mol. The van der Waals surface area contributed by atoms with Crippen molar-refractivity contribution in [3.05, 3.63) is 4.88 Å². The summed E-state index contributed by atoms with van der Waals surface area (Å²) in [7, 11) is 3.43. The molecule has 5 nitrogen and oxygen atoms in total. The van der Waals surface area contributed by atoms with Gasteiger partial charge in [-0.3, -0.25) is 4.79 Å². The molecule has 0 saturated carbocycles. The maximum absolute atomic E-state index is 12.5. The summed E-state index contributed by atoms with van der Waals surface area (Å²) in [5.41, 5.74) is 5.62. The van der Waals surface area contributed by atoms with E-state index in [1.54, 1.807) is 25.9 Å². The zero-order chi connectivity index (χ0) is 15.5. The molecule has 1 amide bonds. The van der Waals surface area contributed by atoms with Gasteiger partial charge in [-0.15, -0.1) is 0 Å². The van der Waals surface area contributed by atoms with Crippen LogP contribution in [0, 0.1) is 0 Å². The molecule has 0 fully saturated rings. The third kappa shape index (κ3) is 4.26. The fourth-order valence-electron chi connectivity index (χ4n) is 1.55. The van der Waals surface area contributed by atoms with Gasteiger partial charge in [0, 0.05) is 20.6 Å². The van der Waals surface area contributed by atoms with Gasteiger partial charge in [0.2, 0.25) is 0 Å².